The number of hydrogen-bond acceptors (Lipinski definition) is 2. The molecule has 0 aromatic rings. The number of unbranched alkanes of at least 4 members (excludes halogenated alkanes) is 8. The molecule has 0 saturated carbocycles. The smallest absolute Gasteiger partial charge is 0.303 e. The van der Waals surface area contributed by atoms with Gasteiger partial charge >= 0.3 is 11.9 Å². The van der Waals surface area contributed by atoms with E-state index in [1.807, 2.05) is 0 Å². The minimum atomic E-state index is -0.806. The van der Waals surface area contributed by atoms with Gasteiger partial charge in [0.15, 0.2) is 0 Å². The van der Waals surface area contributed by atoms with Crippen LogP contribution in [-0.2, 0) is 9.59 Å². The Morgan fingerprint density at radius 2 is 1.13 bits per heavy atom. The van der Waals surface area contributed by atoms with Crippen LogP contribution in [-0.4, -0.2) is 27.3 Å². The molecule has 0 fully saturated rings. The van der Waals surface area contributed by atoms with Gasteiger partial charge in [-0.15, -0.1) is 9.24 Å². The van der Waals surface area contributed by atoms with Gasteiger partial charge in [-0.1, -0.05) is 64.7 Å². The summed E-state index contributed by atoms with van der Waals surface area (Å²) < 4.78 is 0. The topological polar surface area (TPSA) is 74.6 Å². The van der Waals surface area contributed by atoms with Gasteiger partial charge in [0, 0.05) is 12.8 Å². The van der Waals surface area contributed by atoms with E-state index in [0.717, 1.165) is 19.3 Å². The molecule has 4 nitrogen and oxygen atoms in total. The zero-order chi connectivity index (χ0) is 17.6. The van der Waals surface area contributed by atoms with Crippen LogP contribution < -0.4 is 0 Å². The minimum Gasteiger partial charge on any atom is -0.481 e. The van der Waals surface area contributed by atoms with Gasteiger partial charge in [0.2, 0.25) is 0 Å². The van der Waals surface area contributed by atoms with E-state index in [4.69, 9.17) is 10.2 Å². The predicted molar refractivity (Wildman–Crippen MR) is 98.0 cm³/mol. The van der Waals surface area contributed by atoms with Crippen molar-refractivity contribution < 1.29 is 19.8 Å². The van der Waals surface area contributed by atoms with E-state index in [9.17, 15) is 9.59 Å². The summed E-state index contributed by atoms with van der Waals surface area (Å²) in [6.45, 7) is 2.23. The van der Waals surface area contributed by atoms with Gasteiger partial charge in [-0.25, -0.2) is 0 Å². The average molecular weight is 346 g/mol. The largest absolute Gasteiger partial charge is 0.481 e. The maximum atomic E-state index is 10.8. The van der Waals surface area contributed by atoms with Gasteiger partial charge in [0.25, 0.3) is 0 Å². The summed E-state index contributed by atoms with van der Waals surface area (Å²) in [6, 6.07) is 0. The van der Waals surface area contributed by atoms with Crippen molar-refractivity contribution in [2.24, 2.45) is 0 Å². The monoisotopic (exact) mass is 346 g/mol. The van der Waals surface area contributed by atoms with E-state index in [0.29, 0.717) is 12.8 Å². The van der Waals surface area contributed by atoms with Gasteiger partial charge in [0.05, 0.1) is 0 Å². The van der Waals surface area contributed by atoms with Crippen LogP contribution in [0.25, 0.3) is 0 Å². The molecule has 0 aromatic heterocycles. The first kappa shape index (κ1) is 22.4. The fraction of sp³-hybridized carbons (Fsp3) is 0.889. The van der Waals surface area contributed by atoms with Crippen LogP contribution in [0.3, 0.4) is 0 Å². The highest BCUT2D eigenvalue weighted by Gasteiger charge is 2.25. The Morgan fingerprint density at radius 1 is 0.739 bits per heavy atom. The molecule has 0 saturated heterocycles. The molecule has 0 aliphatic heterocycles. The molecule has 0 amide bonds. The second kappa shape index (κ2) is 13.8. The van der Waals surface area contributed by atoms with Crippen LogP contribution in [0.4, 0.5) is 0 Å². The van der Waals surface area contributed by atoms with Crippen molar-refractivity contribution in [2.75, 3.05) is 0 Å². The minimum absolute atomic E-state index is 0.112. The third-order valence-electron chi connectivity index (χ3n) is 4.45. The molecule has 1 atom stereocenters. The van der Waals surface area contributed by atoms with Gasteiger partial charge in [0.1, 0.15) is 0 Å². The van der Waals surface area contributed by atoms with Gasteiger partial charge in [-0.2, -0.15) is 0 Å². The second-order valence-corrected chi connectivity index (χ2v) is 7.95. The Labute approximate surface area is 143 Å². The van der Waals surface area contributed by atoms with Crippen molar-refractivity contribution in [1.82, 2.24) is 0 Å². The molecule has 0 spiro atoms. The predicted octanol–water partition coefficient (Wildman–Crippen LogP) is 5.25. The Bertz CT molecular complexity index is 313. The lowest BCUT2D eigenvalue weighted by molar-refractivity contribution is -0.137. The van der Waals surface area contributed by atoms with Crippen LogP contribution in [0.15, 0.2) is 0 Å². The number of rotatable bonds is 16. The summed E-state index contributed by atoms with van der Waals surface area (Å²) in [5.41, 5.74) is 0. The summed E-state index contributed by atoms with van der Waals surface area (Å²) in [4.78, 5) is 21.6. The summed E-state index contributed by atoms with van der Waals surface area (Å²) in [5, 5.41) is 17.5. The molecule has 2 N–H and O–H groups in total. The highest BCUT2D eigenvalue weighted by Crippen LogP contribution is 2.35. The van der Waals surface area contributed by atoms with E-state index in [-0.39, 0.29) is 18.0 Å². The highest BCUT2D eigenvalue weighted by atomic mass is 31.0. The Balaban J connectivity index is 3.90. The Hall–Kier alpha value is -0.630. The maximum absolute atomic E-state index is 10.8. The van der Waals surface area contributed by atoms with Crippen LogP contribution >= 0.6 is 9.24 Å². The lowest BCUT2D eigenvalue weighted by atomic mass is 9.90. The van der Waals surface area contributed by atoms with Gasteiger partial charge in [-0.05, 0) is 24.4 Å². The second-order valence-electron chi connectivity index (χ2n) is 6.73. The normalized spacial score (nSPS) is 11.6. The van der Waals surface area contributed by atoms with E-state index in [2.05, 4.69) is 16.2 Å². The Kier molecular flexibility index (Phi) is 13.4. The quantitative estimate of drug-likeness (QED) is 0.296. The van der Waals surface area contributed by atoms with E-state index in [1.165, 1.54) is 44.9 Å². The SMILES string of the molecule is CCCCCCCCCCCC(P)(CCC(=O)O)CCC(=O)O. The molecule has 0 radical (unpaired) electrons. The van der Waals surface area contributed by atoms with Crippen molar-refractivity contribution in [2.45, 2.75) is 102 Å². The Morgan fingerprint density at radius 3 is 1.52 bits per heavy atom. The lowest BCUT2D eigenvalue weighted by Gasteiger charge is -2.28. The van der Waals surface area contributed by atoms with Crippen LogP contribution in [0, 0.1) is 0 Å². The van der Waals surface area contributed by atoms with Crippen molar-refractivity contribution in [3.63, 3.8) is 0 Å². The summed E-state index contributed by atoms with van der Waals surface area (Å²) in [7, 11) is 2.75. The third kappa shape index (κ3) is 14.7. The molecular weight excluding hydrogens is 311 g/mol. The number of carboxylic acid groups (broad SMARTS) is 2. The molecule has 0 aromatic carbocycles. The summed E-state index contributed by atoms with van der Waals surface area (Å²) in [6.07, 6.45) is 13.5. The van der Waals surface area contributed by atoms with E-state index in [1.54, 1.807) is 0 Å². The first-order valence-electron chi connectivity index (χ1n) is 9.12. The zero-order valence-corrected chi connectivity index (χ0v) is 15.8. The van der Waals surface area contributed by atoms with Crippen molar-refractivity contribution in [3.8, 4) is 0 Å². The maximum Gasteiger partial charge on any atom is 0.303 e. The molecule has 23 heavy (non-hydrogen) atoms. The van der Waals surface area contributed by atoms with Crippen molar-refractivity contribution in [3.05, 3.63) is 0 Å². The summed E-state index contributed by atoms with van der Waals surface area (Å²) in [5.74, 6) is -1.61. The lowest BCUT2D eigenvalue weighted by Crippen LogP contribution is -2.23. The highest BCUT2D eigenvalue weighted by molar-refractivity contribution is 7.19. The number of hydrogen-bond donors (Lipinski definition) is 2. The standard InChI is InChI=1S/C18H35O4P/c1-2-3-4-5-6-7-8-9-10-13-18(23,14-11-16(19)20)15-12-17(21)22/h2-15,23H2,1H3,(H,19,20)(H,21,22). The van der Waals surface area contributed by atoms with Gasteiger partial charge < -0.3 is 10.2 Å². The van der Waals surface area contributed by atoms with E-state index < -0.39 is 11.9 Å². The number of carboxylic acids is 2. The molecule has 0 bridgehead atoms. The summed E-state index contributed by atoms with van der Waals surface area (Å²) >= 11 is 0. The fourth-order valence-corrected chi connectivity index (χ4v) is 3.37. The number of aliphatic carboxylic acids is 2. The first-order chi connectivity index (χ1) is 10.9. The zero-order valence-electron chi connectivity index (χ0n) is 14.7. The van der Waals surface area contributed by atoms with E-state index >= 15 is 0 Å². The van der Waals surface area contributed by atoms with Crippen LogP contribution in [0.5, 0.6) is 0 Å². The average Bonchev–Trinajstić information content (AvgIpc) is 2.50. The molecule has 1 unspecified atom stereocenters. The van der Waals surface area contributed by atoms with Crippen molar-refractivity contribution in [1.29, 1.82) is 0 Å². The van der Waals surface area contributed by atoms with Crippen molar-refractivity contribution >= 4 is 21.2 Å². The molecule has 0 aliphatic carbocycles. The molecule has 0 heterocycles. The molecule has 0 aliphatic rings. The molecule has 0 rings (SSSR count). The fourth-order valence-electron chi connectivity index (χ4n) is 2.87. The number of carbonyl (C=O) groups is 2. The van der Waals surface area contributed by atoms with Gasteiger partial charge in [-0.3, -0.25) is 9.59 Å². The third-order valence-corrected chi connectivity index (χ3v) is 5.32. The molecular formula is C18H35O4P. The van der Waals surface area contributed by atoms with Crippen LogP contribution in [0.2, 0.25) is 0 Å². The first-order valence-corrected chi connectivity index (χ1v) is 9.70. The molecule has 5 heteroatoms. The molecule has 136 valence electrons. The van der Waals surface area contributed by atoms with Crippen LogP contribution in [0.1, 0.15) is 96.8 Å².